The summed E-state index contributed by atoms with van der Waals surface area (Å²) in [5.41, 5.74) is 3.79. The van der Waals surface area contributed by atoms with Crippen molar-refractivity contribution in [1.29, 1.82) is 0 Å². The van der Waals surface area contributed by atoms with E-state index in [9.17, 15) is 36.6 Å². The quantitative estimate of drug-likeness (QED) is 0.140. The highest BCUT2D eigenvalue weighted by atomic mass is 35.5. The van der Waals surface area contributed by atoms with Crippen LogP contribution in [0.4, 0.5) is 17.1 Å². The van der Waals surface area contributed by atoms with Crippen LogP contribution in [-0.2, 0) is 29.5 Å². The summed E-state index contributed by atoms with van der Waals surface area (Å²) in [7, 11) is -8.05. The summed E-state index contributed by atoms with van der Waals surface area (Å²) in [6.45, 7) is 7.90. The number of anilines is 3. The van der Waals surface area contributed by atoms with Gasteiger partial charge in [0.2, 0.25) is 20.0 Å². The van der Waals surface area contributed by atoms with Crippen LogP contribution in [-0.4, -0.2) is 143 Å². The second-order valence-electron chi connectivity index (χ2n) is 12.8. The molecular weight excluding hydrogens is 779 g/mol. The number of nitrogens with one attached hydrogen (secondary N) is 1. The molecule has 0 aliphatic carbocycles. The fraction of sp³-hybridized carbons (Fsp3) is 0.500. The minimum absolute atomic E-state index is 0.0115. The van der Waals surface area contributed by atoms with Gasteiger partial charge >= 0.3 is 0 Å². The zero-order chi connectivity index (χ0) is 38.2. The number of halogens is 2. The molecule has 0 spiro atoms. The summed E-state index contributed by atoms with van der Waals surface area (Å²) in [6, 6.07) is 5.35. The van der Waals surface area contributed by atoms with E-state index in [0.717, 1.165) is 13.1 Å². The van der Waals surface area contributed by atoms with Gasteiger partial charge in [0.1, 0.15) is 15.5 Å². The van der Waals surface area contributed by atoms with Crippen LogP contribution in [0.1, 0.15) is 6.92 Å². The molecule has 0 unspecified atom stereocenters. The molecule has 7 rings (SSSR count). The van der Waals surface area contributed by atoms with Gasteiger partial charge in [-0.05, 0) is 31.2 Å². The lowest BCUT2D eigenvalue weighted by Crippen LogP contribution is -2.59. The highest BCUT2D eigenvalue weighted by Gasteiger charge is 2.40. The van der Waals surface area contributed by atoms with Crippen LogP contribution < -0.4 is 26.6 Å². The molecule has 53 heavy (non-hydrogen) atoms. The minimum Gasteiger partial charge on any atom is -0.504 e. The van der Waals surface area contributed by atoms with E-state index in [-0.39, 0.29) is 69.5 Å². The molecule has 0 amide bonds. The van der Waals surface area contributed by atoms with Crippen LogP contribution in [0.3, 0.4) is 0 Å². The van der Waals surface area contributed by atoms with Gasteiger partial charge in [-0.1, -0.05) is 23.2 Å². The molecular formula is C32H40Cl2N6O11S2. The van der Waals surface area contributed by atoms with E-state index >= 15 is 0 Å². The molecule has 3 aromatic rings. The number of benzene rings is 2. The normalized spacial score (nSPS) is 22.0. The first-order valence-electron chi connectivity index (χ1n) is 16.8. The maximum atomic E-state index is 13.3. The molecule has 21 heteroatoms. The molecule has 4 fully saturated rings. The van der Waals surface area contributed by atoms with Crippen molar-refractivity contribution in [3.8, 4) is 17.2 Å². The number of nitrogens with zero attached hydrogens (tertiary/aromatic N) is 4. The molecule has 4 heterocycles. The number of piperazine rings is 2. The Hall–Kier alpha value is -3.24. The first kappa shape index (κ1) is 39.5. The van der Waals surface area contributed by atoms with Gasteiger partial charge in [0.05, 0.1) is 54.5 Å². The van der Waals surface area contributed by atoms with E-state index < -0.39 is 47.3 Å². The number of fused-ring (bicyclic) bond motifs is 2. The molecule has 4 saturated heterocycles. The Balaban J connectivity index is 0.000000192. The van der Waals surface area contributed by atoms with Gasteiger partial charge in [-0.25, -0.2) is 16.8 Å². The van der Waals surface area contributed by atoms with E-state index in [1.165, 1.54) is 32.9 Å². The number of sulfonamides is 2. The number of rotatable bonds is 8. The number of hydrogen-bond donors (Lipinski definition) is 4. The largest absolute Gasteiger partial charge is 0.504 e. The zero-order valence-corrected chi connectivity index (χ0v) is 31.8. The standard InChI is InChI=1S/C19H22ClN3O7S.C13H18ClN3O4S/c1-2-30-18-14(16(25)17(18)26)21-13-4-3-12(20)19(15(13)24)31(27,28)23-6-5-22-7-8-29-10-11(22)9-23;14-10-1-2-11(15)12(18)13(10)22(19,20)17-4-3-16-5-6-21-8-9(16)7-17/h3-4,11,21,24H,2,5-10H2,1H3;1-2,9,18H,3-8,15H2/t11-;9-/m11/s1. The van der Waals surface area contributed by atoms with Crippen LogP contribution in [0.5, 0.6) is 17.2 Å². The van der Waals surface area contributed by atoms with E-state index in [2.05, 4.69) is 15.1 Å². The second kappa shape index (κ2) is 15.9. The van der Waals surface area contributed by atoms with Crippen molar-refractivity contribution >= 4 is 60.3 Å². The number of ether oxygens (including phenoxy) is 3. The second-order valence-corrected chi connectivity index (χ2v) is 17.3. The summed E-state index contributed by atoms with van der Waals surface area (Å²) in [4.78, 5) is 27.2. The number of nitrogens with two attached hydrogens (primary N) is 1. The molecule has 5 N–H and O–H groups in total. The third kappa shape index (κ3) is 7.69. The molecule has 4 aliphatic rings. The molecule has 2 atom stereocenters. The Morgan fingerprint density at radius 2 is 1.30 bits per heavy atom. The van der Waals surface area contributed by atoms with Gasteiger partial charge in [0.25, 0.3) is 10.9 Å². The number of hydrogen-bond acceptors (Lipinski definition) is 15. The van der Waals surface area contributed by atoms with Gasteiger partial charge in [-0.15, -0.1) is 0 Å². The van der Waals surface area contributed by atoms with Crippen LogP contribution in [0.25, 0.3) is 0 Å². The SMILES string of the molecule is CCOc1c(Nc2ccc(Cl)c(S(=O)(=O)N3CCN4CCOC[C@H]4C3)c2O)c(=O)c1=O.Nc1ccc(Cl)c(S(=O)(=O)N2CCN3CCOC[C@H]3C2)c1O. The van der Waals surface area contributed by atoms with E-state index in [1.54, 1.807) is 6.92 Å². The van der Waals surface area contributed by atoms with Crippen molar-refractivity contribution in [2.24, 2.45) is 0 Å². The summed E-state index contributed by atoms with van der Waals surface area (Å²) in [5, 5.41) is 23.2. The van der Waals surface area contributed by atoms with Crippen molar-refractivity contribution in [1.82, 2.24) is 18.4 Å². The smallest absolute Gasteiger partial charge is 0.272 e. The zero-order valence-electron chi connectivity index (χ0n) is 28.7. The first-order valence-corrected chi connectivity index (χ1v) is 20.5. The van der Waals surface area contributed by atoms with E-state index in [0.29, 0.717) is 52.6 Å². The summed E-state index contributed by atoms with van der Waals surface area (Å²) in [5.74, 6) is -1.28. The number of phenolic OH excluding ortho intramolecular Hbond substituents is 2. The lowest BCUT2D eigenvalue weighted by atomic mass is 10.2. The van der Waals surface area contributed by atoms with Crippen molar-refractivity contribution in [2.75, 3.05) is 96.4 Å². The first-order chi connectivity index (χ1) is 25.2. The number of morpholine rings is 2. The van der Waals surface area contributed by atoms with Gasteiger partial charge < -0.3 is 35.5 Å². The summed E-state index contributed by atoms with van der Waals surface area (Å²) < 4.78 is 71.0. The van der Waals surface area contributed by atoms with Crippen molar-refractivity contribution in [2.45, 2.75) is 28.8 Å². The minimum atomic E-state index is -4.14. The molecule has 17 nitrogen and oxygen atoms in total. The van der Waals surface area contributed by atoms with E-state index in [1.807, 2.05) is 0 Å². The van der Waals surface area contributed by atoms with Crippen molar-refractivity contribution in [3.05, 3.63) is 54.8 Å². The Kier molecular flexibility index (Phi) is 11.8. The third-order valence-electron chi connectivity index (χ3n) is 9.61. The van der Waals surface area contributed by atoms with E-state index in [4.69, 9.17) is 43.1 Å². The van der Waals surface area contributed by atoms with Crippen LogP contribution >= 0.6 is 23.2 Å². The average molecular weight is 820 g/mol. The summed E-state index contributed by atoms with van der Waals surface area (Å²) >= 11 is 12.2. The van der Waals surface area contributed by atoms with Crippen molar-refractivity contribution < 1.29 is 41.3 Å². The monoisotopic (exact) mass is 818 g/mol. The molecule has 0 bridgehead atoms. The maximum absolute atomic E-state index is 13.3. The molecule has 0 radical (unpaired) electrons. The Bertz CT molecular complexity index is 2150. The number of aromatic hydroxyl groups is 2. The Labute approximate surface area is 316 Å². The van der Waals surface area contributed by atoms with Gasteiger partial charge in [0.15, 0.2) is 17.2 Å². The van der Waals surface area contributed by atoms with Crippen molar-refractivity contribution in [3.63, 3.8) is 0 Å². The van der Waals surface area contributed by atoms with Crippen LogP contribution in [0.15, 0.2) is 43.6 Å². The number of phenols is 2. The highest BCUT2D eigenvalue weighted by molar-refractivity contribution is 7.89. The van der Waals surface area contributed by atoms with Gasteiger partial charge in [0, 0.05) is 64.4 Å². The molecule has 0 aromatic heterocycles. The third-order valence-corrected chi connectivity index (χ3v) is 14.3. The fourth-order valence-electron chi connectivity index (χ4n) is 6.73. The van der Waals surface area contributed by atoms with Gasteiger partial charge in [-0.2, -0.15) is 8.61 Å². The predicted octanol–water partition coefficient (Wildman–Crippen LogP) is 0.822. The summed E-state index contributed by atoms with van der Waals surface area (Å²) in [6.07, 6.45) is 0. The van der Waals surface area contributed by atoms with Crippen LogP contribution in [0.2, 0.25) is 10.0 Å². The van der Waals surface area contributed by atoms with Gasteiger partial charge in [-0.3, -0.25) is 19.4 Å². The molecule has 290 valence electrons. The molecule has 0 saturated carbocycles. The van der Waals surface area contributed by atoms with Crippen LogP contribution in [0, 0.1) is 0 Å². The number of nitrogen functional groups attached to an aromatic ring is 1. The highest BCUT2D eigenvalue weighted by Crippen LogP contribution is 2.41. The Morgan fingerprint density at radius 1 is 0.792 bits per heavy atom. The maximum Gasteiger partial charge on any atom is 0.272 e. The predicted molar refractivity (Wildman–Crippen MR) is 196 cm³/mol. The molecule has 4 aliphatic heterocycles. The molecule has 3 aromatic carbocycles. The fourth-order valence-corrected chi connectivity index (χ4v) is 10.9. The topological polar surface area (TPSA) is 222 Å². The average Bonchev–Trinajstić information content (AvgIpc) is 3.15. The lowest BCUT2D eigenvalue weighted by molar-refractivity contribution is -0.0305. The Morgan fingerprint density at radius 3 is 1.83 bits per heavy atom. The lowest BCUT2D eigenvalue weighted by Gasteiger charge is -2.43.